The molecule has 0 saturated carbocycles. The van der Waals surface area contributed by atoms with Gasteiger partial charge in [0.15, 0.2) is 0 Å². The highest BCUT2D eigenvalue weighted by Crippen LogP contribution is 2.21. The number of nitrogen functional groups attached to an aromatic ring is 1. The first-order chi connectivity index (χ1) is 8.66. The van der Waals surface area contributed by atoms with Crippen molar-refractivity contribution in [1.82, 2.24) is 0 Å². The molecule has 0 atom stereocenters. The van der Waals surface area contributed by atoms with E-state index in [4.69, 9.17) is 10.5 Å². The second-order valence-corrected chi connectivity index (χ2v) is 4.38. The van der Waals surface area contributed by atoms with E-state index in [2.05, 4.69) is 0 Å². The quantitative estimate of drug-likeness (QED) is 0.838. The Morgan fingerprint density at radius 1 is 1.06 bits per heavy atom. The van der Waals surface area contributed by atoms with Crippen LogP contribution in [0.15, 0.2) is 48.5 Å². The van der Waals surface area contributed by atoms with E-state index >= 15 is 0 Å². The van der Waals surface area contributed by atoms with E-state index in [0.717, 1.165) is 22.7 Å². The number of hydrogen-bond donors (Lipinski definition) is 1. The van der Waals surface area contributed by atoms with Crippen molar-refractivity contribution in [2.24, 2.45) is 0 Å². The van der Waals surface area contributed by atoms with Crippen molar-refractivity contribution >= 4 is 11.4 Å². The van der Waals surface area contributed by atoms with Crippen LogP contribution in [0.25, 0.3) is 0 Å². The topological polar surface area (TPSA) is 38.5 Å². The molecule has 0 radical (unpaired) electrons. The zero-order valence-corrected chi connectivity index (χ0v) is 10.8. The lowest BCUT2D eigenvalue weighted by Crippen LogP contribution is -2.08. The zero-order chi connectivity index (χ0) is 13.0. The van der Waals surface area contributed by atoms with E-state index in [1.165, 1.54) is 0 Å². The van der Waals surface area contributed by atoms with Crippen LogP contribution in [-0.4, -0.2) is 14.1 Å². The minimum atomic E-state index is 0.490. The summed E-state index contributed by atoms with van der Waals surface area (Å²) in [6, 6.07) is 15.7. The van der Waals surface area contributed by atoms with Crippen molar-refractivity contribution in [3.8, 4) is 5.75 Å². The predicted octanol–water partition coefficient (Wildman–Crippen LogP) is 2.91. The number of nitrogens with zero attached hydrogens (tertiary/aromatic N) is 1. The van der Waals surface area contributed by atoms with Crippen molar-refractivity contribution in [2.45, 2.75) is 6.61 Å². The molecule has 0 bridgehead atoms. The molecule has 0 fully saturated rings. The normalized spacial score (nSPS) is 10.1. The SMILES string of the molecule is CN(C)c1cccc(OCc2ccccc2N)c1. The molecule has 2 rings (SSSR count). The monoisotopic (exact) mass is 242 g/mol. The first kappa shape index (κ1) is 12.3. The number of ether oxygens (including phenoxy) is 1. The Labute approximate surface area is 108 Å². The van der Waals surface area contributed by atoms with Gasteiger partial charge in [-0.05, 0) is 18.2 Å². The van der Waals surface area contributed by atoms with E-state index in [-0.39, 0.29) is 0 Å². The van der Waals surface area contributed by atoms with Gasteiger partial charge < -0.3 is 15.4 Å². The van der Waals surface area contributed by atoms with Gasteiger partial charge in [0.1, 0.15) is 12.4 Å². The molecule has 2 aromatic carbocycles. The van der Waals surface area contributed by atoms with Gasteiger partial charge in [-0.2, -0.15) is 0 Å². The molecule has 2 N–H and O–H groups in total. The molecule has 0 spiro atoms. The van der Waals surface area contributed by atoms with Crippen LogP contribution in [-0.2, 0) is 6.61 Å². The Hall–Kier alpha value is -2.16. The van der Waals surface area contributed by atoms with E-state index < -0.39 is 0 Å². The fourth-order valence-corrected chi connectivity index (χ4v) is 1.68. The van der Waals surface area contributed by atoms with Gasteiger partial charge in [0, 0.05) is 37.1 Å². The number of anilines is 2. The number of rotatable bonds is 4. The summed E-state index contributed by atoms with van der Waals surface area (Å²) >= 11 is 0. The molecule has 2 aromatic rings. The minimum Gasteiger partial charge on any atom is -0.489 e. The van der Waals surface area contributed by atoms with Gasteiger partial charge in [-0.1, -0.05) is 24.3 Å². The number of para-hydroxylation sites is 1. The highest BCUT2D eigenvalue weighted by atomic mass is 16.5. The Kier molecular flexibility index (Phi) is 3.72. The zero-order valence-electron chi connectivity index (χ0n) is 10.8. The summed E-state index contributed by atoms with van der Waals surface area (Å²) < 4.78 is 5.76. The Morgan fingerprint density at radius 3 is 2.56 bits per heavy atom. The van der Waals surface area contributed by atoms with Crippen molar-refractivity contribution in [2.75, 3.05) is 24.7 Å². The van der Waals surface area contributed by atoms with Crippen molar-refractivity contribution < 1.29 is 4.74 Å². The standard InChI is InChI=1S/C15H18N2O/c1-17(2)13-7-5-8-14(10-13)18-11-12-6-3-4-9-15(12)16/h3-10H,11,16H2,1-2H3. The first-order valence-corrected chi connectivity index (χ1v) is 5.90. The van der Waals surface area contributed by atoms with Gasteiger partial charge >= 0.3 is 0 Å². The molecule has 0 aromatic heterocycles. The Bertz CT molecular complexity index is 523. The number of nitrogens with two attached hydrogens (primary N) is 1. The lowest BCUT2D eigenvalue weighted by molar-refractivity contribution is 0.307. The molecule has 3 heteroatoms. The molecule has 18 heavy (non-hydrogen) atoms. The second kappa shape index (κ2) is 5.45. The summed E-state index contributed by atoms with van der Waals surface area (Å²) in [5.74, 6) is 0.851. The van der Waals surface area contributed by atoms with E-state index in [1.807, 2.05) is 67.5 Å². The first-order valence-electron chi connectivity index (χ1n) is 5.90. The summed E-state index contributed by atoms with van der Waals surface area (Å²) in [6.07, 6.45) is 0. The fourth-order valence-electron chi connectivity index (χ4n) is 1.68. The third-order valence-corrected chi connectivity index (χ3v) is 2.78. The Balaban J connectivity index is 2.07. The maximum atomic E-state index is 5.87. The van der Waals surface area contributed by atoms with Crippen LogP contribution in [0.3, 0.4) is 0 Å². The van der Waals surface area contributed by atoms with Crippen LogP contribution in [0.4, 0.5) is 11.4 Å². The van der Waals surface area contributed by atoms with Crippen LogP contribution in [0.2, 0.25) is 0 Å². The molecule has 0 aliphatic rings. The molecule has 0 aliphatic heterocycles. The van der Waals surface area contributed by atoms with Crippen molar-refractivity contribution in [3.63, 3.8) is 0 Å². The molecule has 3 nitrogen and oxygen atoms in total. The highest BCUT2D eigenvalue weighted by Gasteiger charge is 2.01. The van der Waals surface area contributed by atoms with Gasteiger partial charge in [0.2, 0.25) is 0 Å². The number of benzene rings is 2. The second-order valence-electron chi connectivity index (χ2n) is 4.38. The summed E-state index contributed by atoms with van der Waals surface area (Å²) in [6.45, 7) is 0.490. The third kappa shape index (κ3) is 2.94. The van der Waals surface area contributed by atoms with Crippen molar-refractivity contribution in [3.05, 3.63) is 54.1 Å². The maximum Gasteiger partial charge on any atom is 0.121 e. The lowest BCUT2D eigenvalue weighted by atomic mass is 10.2. The van der Waals surface area contributed by atoms with Gasteiger partial charge in [-0.3, -0.25) is 0 Å². The van der Waals surface area contributed by atoms with E-state index in [9.17, 15) is 0 Å². The Morgan fingerprint density at radius 2 is 1.83 bits per heavy atom. The largest absolute Gasteiger partial charge is 0.489 e. The number of hydrogen-bond acceptors (Lipinski definition) is 3. The molecule has 0 aliphatic carbocycles. The molecule has 0 amide bonds. The van der Waals surface area contributed by atoms with Crippen LogP contribution < -0.4 is 15.4 Å². The fraction of sp³-hybridized carbons (Fsp3) is 0.200. The van der Waals surface area contributed by atoms with Crippen LogP contribution in [0, 0.1) is 0 Å². The average Bonchev–Trinajstić information content (AvgIpc) is 2.38. The van der Waals surface area contributed by atoms with Gasteiger partial charge in [-0.25, -0.2) is 0 Å². The highest BCUT2D eigenvalue weighted by molar-refractivity contribution is 5.50. The van der Waals surface area contributed by atoms with Crippen molar-refractivity contribution in [1.29, 1.82) is 0 Å². The summed E-state index contributed by atoms with van der Waals surface area (Å²) in [7, 11) is 4.02. The summed E-state index contributed by atoms with van der Waals surface area (Å²) in [5.41, 5.74) is 8.77. The van der Waals surface area contributed by atoms with Gasteiger partial charge in [-0.15, -0.1) is 0 Å². The summed E-state index contributed by atoms with van der Waals surface area (Å²) in [5, 5.41) is 0. The molecule has 0 heterocycles. The third-order valence-electron chi connectivity index (χ3n) is 2.78. The van der Waals surface area contributed by atoms with Gasteiger partial charge in [0.05, 0.1) is 0 Å². The molecule has 0 unspecified atom stereocenters. The molecule has 94 valence electrons. The smallest absolute Gasteiger partial charge is 0.121 e. The minimum absolute atomic E-state index is 0.490. The lowest BCUT2D eigenvalue weighted by Gasteiger charge is -2.14. The van der Waals surface area contributed by atoms with E-state index in [1.54, 1.807) is 0 Å². The average molecular weight is 242 g/mol. The maximum absolute atomic E-state index is 5.87. The molecular formula is C15H18N2O. The van der Waals surface area contributed by atoms with Crippen LogP contribution >= 0.6 is 0 Å². The van der Waals surface area contributed by atoms with E-state index in [0.29, 0.717) is 6.61 Å². The summed E-state index contributed by atoms with van der Waals surface area (Å²) in [4.78, 5) is 2.05. The van der Waals surface area contributed by atoms with Gasteiger partial charge in [0.25, 0.3) is 0 Å². The molecule has 0 saturated heterocycles. The van der Waals surface area contributed by atoms with Crippen LogP contribution in [0.5, 0.6) is 5.75 Å². The molecular weight excluding hydrogens is 224 g/mol. The van der Waals surface area contributed by atoms with Crippen LogP contribution in [0.1, 0.15) is 5.56 Å². The predicted molar refractivity (Wildman–Crippen MR) is 76.0 cm³/mol.